The first-order chi connectivity index (χ1) is 15.8. The van der Waals surface area contributed by atoms with Gasteiger partial charge in [0.1, 0.15) is 0 Å². The number of methoxy groups -OCH3 is 2. The van der Waals surface area contributed by atoms with Crippen LogP contribution in [0, 0.1) is 0 Å². The van der Waals surface area contributed by atoms with E-state index in [-0.39, 0.29) is 17.1 Å². The minimum atomic E-state index is -0.787. The van der Waals surface area contributed by atoms with Crippen LogP contribution in [-0.4, -0.2) is 32.1 Å². The zero-order valence-electron chi connectivity index (χ0n) is 19.4. The standard InChI is InChI=1S/C26H28N2O5/c1-6-17-11-13-18(14-12-17)24(29)28-20-10-8-7-9-19(20)23-21(25(30)32-4)15(2)27-16(3)22(23)26(31)33-5/h7-14,23,27H,6H2,1-5H3,(H,28,29). The number of carbonyl (C=O) groups excluding carboxylic acids is 3. The Morgan fingerprint density at radius 1 is 0.879 bits per heavy atom. The maximum atomic E-state index is 13.0. The van der Waals surface area contributed by atoms with Crippen molar-refractivity contribution in [3.63, 3.8) is 0 Å². The number of carbonyl (C=O) groups is 3. The highest BCUT2D eigenvalue weighted by Crippen LogP contribution is 2.42. The summed E-state index contributed by atoms with van der Waals surface area (Å²) in [6.45, 7) is 5.54. The fourth-order valence-electron chi connectivity index (χ4n) is 4.01. The van der Waals surface area contributed by atoms with Crippen LogP contribution in [0.3, 0.4) is 0 Å². The molecule has 0 saturated heterocycles. The molecule has 2 N–H and O–H groups in total. The Bertz CT molecular complexity index is 1110. The molecule has 2 aromatic carbocycles. The zero-order valence-corrected chi connectivity index (χ0v) is 19.4. The molecule has 172 valence electrons. The molecule has 7 nitrogen and oxygen atoms in total. The highest BCUT2D eigenvalue weighted by Gasteiger charge is 2.38. The van der Waals surface area contributed by atoms with Crippen LogP contribution in [0.4, 0.5) is 5.69 Å². The van der Waals surface area contributed by atoms with Gasteiger partial charge in [-0.1, -0.05) is 37.3 Å². The van der Waals surface area contributed by atoms with Gasteiger partial charge in [0.15, 0.2) is 0 Å². The molecule has 1 heterocycles. The van der Waals surface area contributed by atoms with Gasteiger partial charge in [-0.3, -0.25) is 4.79 Å². The molecule has 1 aliphatic heterocycles. The Hall–Kier alpha value is -3.87. The predicted molar refractivity (Wildman–Crippen MR) is 126 cm³/mol. The zero-order chi connectivity index (χ0) is 24.1. The molecule has 3 rings (SSSR count). The van der Waals surface area contributed by atoms with E-state index in [4.69, 9.17) is 9.47 Å². The lowest BCUT2D eigenvalue weighted by atomic mass is 9.79. The van der Waals surface area contributed by atoms with Gasteiger partial charge in [0.2, 0.25) is 0 Å². The monoisotopic (exact) mass is 448 g/mol. The van der Waals surface area contributed by atoms with Crippen molar-refractivity contribution < 1.29 is 23.9 Å². The molecule has 1 amide bonds. The minimum absolute atomic E-state index is 0.275. The van der Waals surface area contributed by atoms with E-state index in [9.17, 15) is 14.4 Å². The summed E-state index contributed by atoms with van der Waals surface area (Å²) >= 11 is 0. The summed E-state index contributed by atoms with van der Waals surface area (Å²) in [7, 11) is 2.58. The highest BCUT2D eigenvalue weighted by atomic mass is 16.5. The van der Waals surface area contributed by atoms with E-state index in [0.717, 1.165) is 12.0 Å². The number of nitrogens with one attached hydrogen (secondary N) is 2. The molecule has 0 spiro atoms. The number of hydrogen-bond donors (Lipinski definition) is 2. The fraction of sp³-hybridized carbons (Fsp3) is 0.269. The Kier molecular flexibility index (Phi) is 7.33. The number of allylic oxidation sites excluding steroid dienone is 2. The van der Waals surface area contributed by atoms with Crippen molar-refractivity contribution in [3.05, 3.63) is 87.8 Å². The number of para-hydroxylation sites is 1. The highest BCUT2D eigenvalue weighted by molar-refractivity contribution is 6.06. The molecule has 0 bridgehead atoms. The number of hydrogen-bond acceptors (Lipinski definition) is 6. The number of ether oxygens (including phenoxy) is 2. The second-order valence-corrected chi connectivity index (χ2v) is 7.71. The van der Waals surface area contributed by atoms with Crippen LogP contribution < -0.4 is 10.6 Å². The number of dihydropyridines is 1. The summed E-state index contributed by atoms with van der Waals surface area (Å²) < 4.78 is 10.0. The molecule has 0 atom stereocenters. The Balaban J connectivity index is 2.10. The average Bonchev–Trinajstić information content (AvgIpc) is 2.83. The molecule has 2 aromatic rings. The molecule has 7 heteroatoms. The van der Waals surface area contributed by atoms with E-state index in [2.05, 4.69) is 10.6 Å². The molecule has 1 aliphatic rings. The number of amides is 1. The fourth-order valence-corrected chi connectivity index (χ4v) is 4.01. The van der Waals surface area contributed by atoms with Crippen molar-refractivity contribution in [2.45, 2.75) is 33.1 Å². The Labute approximate surface area is 193 Å². The van der Waals surface area contributed by atoms with Crippen molar-refractivity contribution in [2.24, 2.45) is 0 Å². The lowest BCUT2D eigenvalue weighted by Gasteiger charge is -2.31. The van der Waals surface area contributed by atoms with Crippen LogP contribution >= 0.6 is 0 Å². The molecular weight excluding hydrogens is 420 g/mol. The Morgan fingerprint density at radius 2 is 1.42 bits per heavy atom. The topological polar surface area (TPSA) is 93.7 Å². The van der Waals surface area contributed by atoms with Crippen molar-refractivity contribution in [2.75, 3.05) is 19.5 Å². The van der Waals surface area contributed by atoms with Gasteiger partial charge < -0.3 is 20.1 Å². The summed E-state index contributed by atoms with van der Waals surface area (Å²) in [6.07, 6.45) is 0.879. The third-order valence-electron chi connectivity index (χ3n) is 5.72. The first-order valence-electron chi connectivity index (χ1n) is 10.7. The normalized spacial score (nSPS) is 14.0. The number of aryl methyl sites for hydroxylation is 1. The predicted octanol–water partition coefficient (Wildman–Crippen LogP) is 4.08. The Morgan fingerprint density at radius 3 is 1.94 bits per heavy atom. The van der Waals surface area contributed by atoms with Gasteiger partial charge in [-0.2, -0.15) is 0 Å². The van der Waals surface area contributed by atoms with Crippen LogP contribution in [0.25, 0.3) is 0 Å². The van der Waals surface area contributed by atoms with Gasteiger partial charge in [-0.25, -0.2) is 9.59 Å². The van der Waals surface area contributed by atoms with Crippen molar-refractivity contribution in [1.29, 1.82) is 0 Å². The van der Waals surface area contributed by atoms with Crippen LogP contribution in [-0.2, 0) is 25.5 Å². The minimum Gasteiger partial charge on any atom is -0.466 e. The lowest BCUT2D eigenvalue weighted by molar-refractivity contribution is -0.137. The maximum absolute atomic E-state index is 13.0. The molecule has 0 unspecified atom stereocenters. The second kappa shape index (κ2) is 10.2. The third-order valence-corrected chi connectivity index (χ3v) is 5.72. The van der Waals surface area contributed by atoms with E-state index in [0.29, 0.717) is 28.2 Å². The van der Waals surface area contributed by atoms with Gasteiger partial charge in [0.05, 0.1) is 31.3 Å². The molecule has 0 fully saturated rings. The smallest absolute Gasteiger partial charge is 0.336 e. The molecule has 0 saturated carbocycles. The summed E-state index contributed by atoms with van der Waals surface area (Å²) in [6, 6.07) is 14.5. The average molecular weight is 449 g/mol. The lowest BCUT2D eigenvalue weighted by Crippen LogP contribution is -2.32. The number of esters is 2. The number of rotatable bonds is 6. The summed E-state index contributed by atoms with van der Waals surface area (Å²) in [4.78, 5) is 38.5. The van der Waals surface area contributed by atoms with E-state index >= 15 is 0 Å². The van der Waals surface area contributed by atoms with Gasteiger partial charge in [0.25, 0.3) is 5.91 Å². The quantitative estimate of drug-likeness (QED) is 0.647. The van der Waals surface area contributed by atoms with Gasteiger partial charge in [0, 0.05) is 22.6 Å². The van der Waals surface area contributed by atoms with Crippen LogP contribution in [0.1, 0.15) is 48.2 Å². The molecule has 0 radical (unpaired) electrons. The summed E-state index contributed by atoms with van der Waals surface area (Å²) in [5.41, 5.74) is 4.38. The van der Waals surface area contributed by atoms with E-state index in [1.165, 1.54) is 14.2 Å². The first kappa shape index (κ1) is 23.8. The number of benzene rings is 2. The maximum Gasteiger partial charge on any atom is 0.336 e. The molecule has 33 heavy (non-hydrogen) atoms. The molecule has 0 aliphatic carbocycles. The first-order valence-corrected chi connectivity index (χ1v) is 10.7. The molecular formula is C26H28N2O5. The van der Waals surface area contributed by atoms with Gasteiger partial charge in [-0.05, 0) is 49.6 Å². The van der Waals surface area contributed by atoms with Crippen LogP contribution in [0.5, 0.6) is 0 Å². The van der Waals surface area contributed by atoms with Crippen LogP contribution in [0.2, 0.25) is 0 Å². The largest absolute Gasteiger partial charge is 0.466 e. The van der Waals surface area contributed by atoms with Gasteiger partial charge >= 0.3 is 11.9 Å². The molecule has 0 aromatic heterocycles. The second-order valence-electron chi connectivity index (χ2n) is 7.71. The van der Waals surface area contributed by atoms with E-state index in [1.54, 1.807) is 50.2 Å². The van der Waals surface area contributed by atoms with Crippen molar-refractivity contribution >= 4 is 23.5 Å². The van der Waals surface area contributed by atoms with Gasteiger partial charge in [-0.15, -0.1) is 0 Å². The van der Waals surface area contributed by atoms with Crippen molar-refractivity contribution in [3.8, 4) is 0 Å². The van der Waals surface area contributed by atoms with E-state index in [1.807, 2.05) is 19.1 Å². The van der Waals surface area contributed by atoms with Crippen LogP contribution in [0.15, 0.2) is 71.1 Å². The number of anilines is 1. The SMILES string of the molecule is CCc1ccc(C(=O)Nc2ccccc2C2C(C(=O)OC)=C(C)NC(C)=C2C(=O)OC)cc1. The third kappa shape index (κ3) is 4.82. The summed E-state index contributed by atoms with van der Waals surface area (Å²) in [5.74, 6) is -2.23. The van der Waals surface area contributed by atoms with Crippen molar-refractivity contribution in [1.82, 2.24) is 5.32 Å². The van der Waals surface area contributed by atoms with E-state index < -0.39 is 17.9 Å². The summed E-state index contributed by atoms with van der Waals surface area (Å²) in [5, 5.41) is 6.01.